The fourth-order valence-electron chi connectivity index (χ4n) is 11.9. The lowest BCUT2D eigenvalue weighted by molar-refractivity contribution is -0.396. The SMILES string of the molecule is OC1C2OC(CS)C(OC3OC(CS)C(OC4OC(CS)C(OC5OC(CS)C(OC6OC(CS)C(OC7OC(CS)C(OC8OC(CS)C(OC9OC(CS)C(O2)C(O)C9O)C(O)C8O)C(O)C7O)C(O)C6O)C(O)C5O)C(O)C4O)C(O)C3O)C1O. The molecule has 0 aromatic heterocycles. The van der Waals surface area contributed by atoms with Crippen LogP contribution >= 0.6 is 101 Å². The molecule has 40 heteroatoms. The van der Waals surface area contributed by atoms with Crippen LogP contribution in [0.4, 0.5) is 0 Å². The van der Waals surface area contributed by atoms with Gasteiger partial charge in [0.15, 0.2) is 50.3 Å². The average molecular weight is 1430 g/mol. The molecular formula is C48H80O32S8. The summed E-state index contributed by atoms with van der Waals surface area (Å²) in [4.78, 5) is 0. The van der Waals surface area contributed by atoms with E-state index in [0.29, 0.717) is 0 Å². The molecule has 0 aromatic carbocycles. The van der Waals surface area contributed by atoms with Crippen LogP contribution in [0.3, 0.4) is 0 Å². The number of thiol groups is 8. The summed E-state index contributed by atoms with van der Waals surface area (Å²) in [5.74, 6) is -2.15. The average Bonchev–Trinajstić information content (AvgIpc) is 0.980. The molecular weight excluding hydrogens is 1350 g/mol. The van der Waals surface area contributed by atoms with Gasteiger partial charge in [-0.1, -0.05) is 0 Å². The van der Waals surface area contributed by atoms with Crippen LogP contribution in [-0.4, -0.2) is 373 Å². The first kappa shape index (κ1) is 73.8. The van der Waals surface area contributed by atoms with Crippen molar-refractivity contribution in [2.45, 2.75) is 246 Å². The molecule has 16 N–H and O–H groups in total. The second-order valence-corrected chi connectivity index (χ2v) is 25.4. The Kier molecular flexibility index (Phi) is 26.8. The maximum absolute atomic E-state index is 11.6. The molecule has 30 fully saturated rings. The van der Waals surface area contributed by atoms with Gasteiger partial charge < -0.3 is 157 Å². The maximum atomic E-state index is 11.6. The Morgan fingerprint density at radius 3 is 0.318 bits per heavy atom. The van der Waals surface area contributed by atoms with Gasteiger partial charge in [-0.3, -0.25) is 0 Å². The highest BCUT2D eigenvalue weighted by Gasteiger charge is 2.60. The summed E-state index contributed by atoms with van der Waals surface area (Å²) in [5, 5.41) is 185. The lowest BCUT2D eigenvalue weighted by atomic mass is 9.95. The molecule has 0 aliphatic carbocycles. The second kappa shape index (κ2) is 32.0. The fourth-order valence-corrected chi connectivity index (χ4v) is 14.3. The Morgan fingerprint density at radius 1 is 0.148 bits per heavy atom. The van der Waals surface area contributed by atoms with Crippen LogP contribution in [0.5, 0.6) is 0 Å². The summed E-state index contributed by atoms with van der Waals surface area (Å²) >= 11 is 34.6. The molecule has 0 saturated carbocycles. The van der Waals surface area contributed by atoms with Crippen LogP contribution in [-0.2, 0) is 75.8 Å². The van der Waals surface area contributed by atoms with E-state index in [4.69, 9.17) is 75.8 Å². The summed E-state index contributed by atoms with van der Waals surface area (Å²) in [5.41, 5.74) is 0. The molecule has 40 atom stereocenters. The van der Waals surface area contributed by atoms with E-state index in [1.165, 1.54) is 0 Å². The van der Waals surface area contributed by atoms with E-state index in [2.05, 4.69) is 101 Å². The zero-order chi connectivity index (χ0) is 64.1. The van der Waals surface area contributed by atoms with Crippen molar-refractivity contribution in [1.82, 2.24) is 0 Å². The molecule has 30 saturated heterocycles. The first-order valence-corrected chi connectivity index (χ1v) is 33.2. The molecule has 512 valence electrons. The van der Waals surface area contributed by atoms with Gasteiger partial charge in [-0.25, -0.2) is 0 Å². The normalized spacial score (nSPS) is 55.4. The molecule has 0 spiro atoms. The van der Waals surface area contributed by atoms with Crippen molar-refractivity contribution in [3.63, 3.8) is 0 Å². The molecule has 30 aliphatic rings. The van der Waals surface area contributed by atoms with Gasteiger partial charge in [-0.05, 0) is 0 Å². The lowest BCUT2D eigenvalue weighted by Crippen LogP contribution is -2.68. The smallest absolute Gasteiger partial charge is 0.187 e. The Balaban J connectivity index is 0.975. The molecule has 30 heterocycles. The minimum absolute atomic E-state index is 0.268. The number of hydrogen-bond acceptors (Lipinski definition) is 40. The molecule has 30 aliphatic heterocycles. The molecule has 88 heavy (non-hydrogen) atoms. The van der Waals surface area contributed by atoms with Crippen molar-refractivity contribution in [1.29, 1.82) is 0 Å². The van der Waals surface area contributed by atoms with E-state index in [0.717, 1.165) is 0 Å². The van der Waals surface area contributed by atoms with Crippen molar-refractivity contribution < 1.29 is 157 Å². The Bertz CT molecular complexity index is 1730. The van der Waals surface area contributed by atoms with Crippen molar-refractivity contribution in [2.24, 2.45) is 0 Å². The van der Waals surface area contributed by atoms with E-state index >= 15 is 0 Å². The highest BCUT2D eigenvalue weighted by molar-refractivity contribution is 7.81. The van der Waals surface area contributed by atoms with Crippen LogP contribution < -0.4 is 0 Å². The summed E-state index contributed by atoms with van der Waals surface area (Å²) < 4.78 is 95.8. The topological polar surface area (TPSA) is 471 Å². The van der Waals surface area contributed by atoms with Crippen molar-refractivity contribution in [3.05, 3.63) is 0 Å². The minimum Gasteiger partial charge on any atom is -0.387 e. The van der Waals surface area contributed by atoms with Gasteiger partial charge in [0.05, 0.1) is 48.8 Å². The number of aliphatic hydroxyl groups excluding tert-OH is 16. The number of aliphatic hydroxyl groups is 16. The largest absolute Gasteiger partial charge is 0.387 e. The first-order chi connectivity index (χ1) is 41.9. The van der Waals surface area contributed by atoms with Crippen LogP contribution in [0.15, 0.2) is 0 Å². The van der Waals surface area contributed by atoms with Gasteiger partial charge in [0.25, 0.3) is 0 Å². The van der Waals surface area contributed by atoms with E-state index < -0.39 is 246 Å². The highest BCUT2D eigenvalue weighted by Crippen LogP contribution is 2.40. The summed E-state index contributed by atoms with van der Waals surface area (Å²) in [6, 6.07) is 0. The molecule has 32 nitrogen and oxygen atoms in total. The number of ether oxygens (including phenoxy) is 16. The zero-order valence-corrected chi connectivity index (χ0v) is 53.2. The zero-order valence-electron chi connectivity index (χ0n) is 46.0. The van der Waals surface area contributed by atoms with Crippen LogP contribution in [0.2, 0.25) is 0 Å². The molecule has 0 amide bonds. The van der Waals surface area contributed by atoms with E-state index in [-0.39, 0.29) is 46.0 Å². The molecule has 16 bridgehead atoms. The van der Waals surface area contributed by atoms with E-state index in [1.54, 1.807) is 0 Å². The number of rotatable bonds is 8. The van der Waals surface area contributed by atoms with Gasteiger partial charge >= 0.3 is 0 Å². The molecule has 0 radical (unpaired) electrons. The van der Waals surface area contributed by atoms with Gasteiger partial charge in [0.2, 0.25) is 0 Å². The fraction of sp³-hybridized carbons (Fsp3) is 1.00. The van der Waals surface area contributed by atoms with E-state index in [1.807, 2.05) is 0 Å². The van der Waals surface area contributed by atoms with Crippen molar-refractivity contribution in [2.75, 3.05) is 46.0 Å². The number of hydrogen-bond donors (Lipinski definition) is 24. The predicted octanol–water partition coefficient (Wildman–Crippen LogP) is -9.91. The van der Waals surface area contributed by atoms with Crippen molar-refractivity contribution in [3.8, 4) is 0 Å². The standard InChI is InChI=1S/C48H80O32S8/c49-17-25(57)41-65-9(1-81)33(17)73-42-26(58)18(50)35(11(3-83)66-42)75-44-28(60)20(52)37(13(5-85)68-44)77-46-30(62)22(54)39(15(7-87)70-46)79-48-32(64)24(56)40(16(8-88)72-48)80-47-31(63)23(55)38(14(6-86)71-47)78-45-29(61)21(53)36(12(4-84)69-45)76-43-27(59)19(51)34(74-41)10(2-82)67-43/h9-64,81-88H,1-8H2. The highest BCUT2D eigenvalue weighted by atomic mass is 32.1. The van der Waals surface area contributed by atoms with Gasteiger partial charge in [-0.2, -0.15) is 101 Å². The third-order valence-corrected chi connectivity index (χ3v) is 19.8. The van der Waals surface area contributed by atoms with Crippen LogP contribution in [0.25, 0.3) is 0 Å². The van der Waals surface area contributed by atoms with Crippen molar-refractivity contribution >= 4 is 101 Å². The van der Waals surface area contributed by atoms with Crippen LogP contribution in [0.1, 0.15) is 0 Å². The Hall–Kier alpha value is 1.52. The van der Waals surface area contributed by atoms with Gasteiger partial charge in [-0.15, -0.1) is 0 Å². The quantitative estimate of drug-likeness (QED) is 0.100. The summed E-state index contributed by atoms with van der Waals surface area (Å²) in [7, 11) is 0. The van der Waals surface area contributed by atoms with Gasteiger partial charge in [0.1, 0.15) is 146 Å². The molecule has 30 rings (SSSR count). The second-order valence-electron chi connectivity index (χ2n) is 22.5. The van der Waals surface area contributed by atoms with Gasteiger partial charge in [0, 0.05) is 46.0 Å². The lowest BCUT2D eigenvalue weighted by Gasteiger charge is -2.51. The molecule has 40 unspecified atom stereocenters. The third-order valence-electron chi connectivity index (χ3n) is 16.9. The third kappa shape index (κ3) is 14.9. The Morgan fingerprint density at radius 2 is 0.239 bits per heavy atom. The summed E-state index contributed by atoms with van der Waals surface area (Å²) in [6.07, 6.45) is -69.8. The predicted molar refractivity (Wildman–Crippen MR) is 315 cm³/mol. The summed E-state index contributed by atoms with van der Waals surface area (Å²) in [6.45, 7) is 0. The van der Waals surface area contributed by atoms with Crippen LogP contribution in [0, 0.1) is 0 Å². The first-order valence-electron chi connectivity index (χ1n) is 28.1. The monoisotopic (exact) mass is 1420 g/mol. The molecule has 0 aromatic rings. The van der Waals surface area contributed by atoms with E-state index in [9.17, 15) is 81.7 Å². The minimum atomic E-state index is -2.02. The maximum Gasteiger partial charge on any atom is 0.187 e. The Labute approximate surface area is 547 Å².